The van der Waals surface area contributed by atoms with Crippen LogP contribution in [-0.4, -0.2) is 24.7 Å². The molecule has 0 saturated carbocycles. The summed E-state index contributed by atoms with van der Waals surface area (Å²) in [5.74, 6) is -1.03. The minimum Gasteiger partial charge on any atom is -0.392 e. The summed E-state index contributed by atoms with van der Waals surface area (Å²) in [6.07, 6.45) is 4.62. The summed E-state index contributed by atoms with van der Waals surface area (Å²) >= 11 is 0. The van der Waals surface area contributed by atoms with E-state index < -0.39 is 11.9 Å². The van der Waals surface area contributed by atoms with Crippen LogP contribution in [0.15, 0.2) is 4.99 Å². The highest BCUT2D eigenvalue weighted by molar-refractivity contribution is 5.86. The molecule has 0 aromatic heterocycles. The molecule has 0 N–H and O–H groups in total. The third kappa shape index (κ3) is 7.46. The number of ether oxygens (including phenoxy) is 1. The number of hydrogen-bond acceptors (Lipinski definition) is 4. The van der Waals surface area contributed by atoms with Crippen molar-refractivity contribution in [1.82, 2.24) is 0 Å². The Labute approximate surface area is 84.4 Å². The largest absolute Gasteiger partial charge is 0.392 e. The number of hydrogen-bond donors (Lipinski definition) is 0. The van der Waals surface area contributed by atoms with Gasteiger partial charge in [0.15, 0.2) is 0 Å². The standard InChI is InChI=1S/C10H17NO3/c1-3-5-6-7-9(12)14-10(13)8-11-4-2/h4H,3,5-8H2,1-2H3. The van der Waals surface area contributed by atoms with E-state index in [0.29, 0.717) is 6.42 Å². The van der Waals surface area contributed by atoms with E-state index in [0.717, 1.165) is 19.3 Å². The van der Waals surface area contributed by atoms with Crippen molar-refractivity contribution in [1.29, 1.82) is 0 Å². The summed E-state index contributed by atoms with van der Waals surface area (Å²) in [7, 11) is 0. The van der Waals surface area contributed by atoms with Crippen LogP contribution in [0.1, 0.15) is 39.5 Å². The number of carbonyl (C=O) groups excluding carboxylic acids is 2. The number of aliphatic imine (C=N–C) groups is 1. The molecule has 0 unspecified atom stereocenters. The van der Waals surface area contributed by atoms with Gasteiger partial charge in [0, 0.05) is 6.42 Å². The Morgan fingerprint density at radius 1 is 1.29 bits per heavy atom. The predicted molar refractivity (Wildman–Crippen MR) is 54.3 cm³/mol. The first-order valence-electron chi connectivity index (χ1n) is 4.88. The Balaban J connectivity index is 3.55. The zero-order valence-corrected chi connectivity index (χ0v) is 8.78. The van der Waals surface area contributed by atoms with E-state index in [4.69, 9.17) is 0 Å². The fourth-order valence-corrected chi connectivity index (χ4v) is 0.895. The lowest BCUT2D eigenvalue weighted by molar-refractivity contribution is -0.158. The topological polar surface area (TPSA) is 55.7 Å². The van der Waals surface area contributed by atoms with Crippen LogP contribution < -0.4 is 0 Å². The van der Waals surface area contributed by atoms with Gasteiger partial charge in [0.1, 0.15) is 6.54 Å². The van der Waals surface area contributed by atoms with E-state index in [-0.39, 0.29) is 6.54 Å². The van der Waals surface area contributed by atoms with Crippen molar-refractivity contribution in [3.05, 3.63) is 0 Å². The van der Waals surface area contributed by atoms with Gasteiger partial charge >= 0.3 is 11.9 Å². The molecule has 4 nitrogen and oxygen atoms in total. The summed E-state index contributed by atoms with van der Waals surface area (Å²) in [4.78, 5) is 25.6. The van der Waals surface area contributed by atoms with E-state index in [2.05, 4.69) is 9.73 Å². The van der Waals surface area contributed by atoms with Gasteiger partial charge in [-0.2, -0.15) is 0 Å². The third-order valence-electron chi connectivity index (χ3n) is 1.62. The Bertz CT molecular complexity index is 211. The maximum Gasteiger partial charge on any atom is 0.335 e. The highest BCUT2D eigenvalue weighted by Crippen LogP contribution is 2.00. The molecule has 0 aliphatic heterocycles. The van der Waals surface area contributed by atoms with Gasteiger partial charge in [-0.15, -0.1) is 0 Å². The van der Waals surface area contributed by atoms with Gasteiger partial charge in [-0.1, -0.05) is 19.8 Å². The van der Waals surface area contributed by atoms with Gasteiger partial charge in [0.05, 0.1) is 0 Å². The summed E-state index contributed by atoms with van der Waals surface area (Å²) in [5.41, 5.74) is 0. The second-order valence-corrected chi connectivity index (χ2v) is 2.90. The second-order valence-electron chi connectivity index (χ2n) is 2.90. The normalized spacial score (nSPS) is 10.4. The molecule has 0 radical (unpaired) electrons. The molecular formula is C10H17NO3. The minimum absolute atomic E-state index is 0.0734. The van der Waals surface area contributed by atoms with E-state index in [9.17, 15) is 9.59 Å². The molecule has 0 saturated heterocycles. The second kappa shape index (κ2) is 8.41. The average molecular weight is 199 g/mol. The molecule has 14 heavy (non-hydrogen) atoms. The van der Waals surface area contributed by atoms with Gasteiger partial charge in [-0.05, 0) is 19.6 Å². The van der Waals surface area contributed by atoms with E-state index in [1.807, 2.05) is 6.92 Å². The lowest BCUT2D eigenvalue weighted by Crippen LogP contribution is -2.14. The fraction of sp³-hybridized carbons (Fsp3) is 0.700. The molecule has 0 amide bonds. The molecular weight excluding hydrogens is 182 g/mol. The number of nitrogens with zero attached hydrogens (tertiary/aromatic N) is 1. The van der Waals surface area contributed by atoms with E-state index in [1.165, 1.54) is 6.21 Å². The first-order chi connectivity index (χ1) is 6.70. The summed E-state index contributed by atoms with van der Waals surface area (Å²) in [5, 5.41) is 0. The van der Waals surface area contributed by atoms with Crippen molar-refractivity contribution >= 4 is 18.2 Å². The Kier molecular flexibility index (Phi) is 7.70. The van der Waals surface area contributed by atoms with Crippen LogP contribution in [0.4, 0.5) is 0 Å². The lowest BCUT2D eigenvalue weighted by Gasteiger charge is -2.00. The molecule has 0 rings (SSSR count). The molecule has 0 bridgehead atoms. The highest BCUT2D eigenvalue weighted by Gasteiger charge is 2.08. The van der Waals surface area contributed by atoms with Gasteiger partial charge in [0.2, 0.25) is 0 Å². The van der Waals surface area contributed by atoms with Gasteiger partial charge < -0.3 is 4.74 Å². The van der Waals surface area contributed by atoms with Crippen LogP contribution >= 0.6 is 0 Å². The van der Waals surface area contributed by atoms with Crippen molar-refractivity contribution in [2.45, 2.75) is 39.5 Å². The number of rotatable bonds is 6. The smallest absolute Gasteiger partial charge is 0.335 e. The molecule has 4 heteroatoms. The predicted octanol–water partition coefficient (Wildman–Crippen LogP) is 1.73. The number of carbonyl (C=O) groups is 2. The molecule has 0 heterocycles. The van der Waals surface area contributed by atoms with Crippen molar-refractivity contribution in [2.24, 2.45) is 4.99 Å². The Morgan fingerprint density at radius 3 is 2.57 bits per heavy atom. The van der Waals surface area contributed by atoms with Crippen LogP contribution in [0, 0.1) is 0 Å². The Morgan fingerprint density at radius 2 is 2.00 bits per heavy atom. The summed E-state index contributed by atoms with van der Waals surface area (Å²) in [6.45, 7) is 3.68. The Hall–Kier alpha value is -1.19. The molecule has 0 aliphatic carbocycles. The lowest BCUT2D eigenvalue weighted by atomic mass is 10.2. The highest BCUT2D eigenvalue weighted by atomic mass is 16.6. The quantitative estimate of drug-likeness (QED) is 0.283. The third-order valence-corrected chi connectivity index (χ3v) is 1.62. The van der Waals surface area contributed by atoms with Crippen molar-refractivity contribution in [2.75, 3.05) is 6.54 Å². The van der Waals surface area contributed by atoms with Crippen LogP contribution in [0.3, 0.4) is 0 Å². The SMILES string of the molecule is CC=NCC(=O)OC(=O)CCCCC. The zero-order chi connectivity index (χ0) is 10.8. The van der Waals surface area contributed by atoms with Gasteiger partial charge in [-0.3, -0.25) is 9.79 Å². The molecule has 80 valence electrons. The molecule has 0 aromatic carbocycles. The first-order valence-corrected chi connectivity index (χ1v) is 4.88. The summed E-state index contributed by atoms with van der Waals surface area (Å²) in [6, 6.07) is 0. The molecule has 0 aliphatic rings. The van der Waals surface area contributed by atoms with Crippen LogP contribution in [0.25, 0.3) is 0 Å². The molecule has 0 spiro atoms. The van der Waals surface area contributed by atoms with Crippen LogP contribution in [0.5, 0.6) is 0 Å². The zero-order valence-electron chi connectivity index (χ0n) is 8.78. The number of esters is 2. The van der Waals surface area contributed by atoms with Gasteiger partial charge in [0.25, 0.3) is 0 Å². The maximum atomic E-state index is 11.0. The van der Waals surface area contributed by atoms with Crippen molar-refractivity contribution < 1.29 is 14.3 Å². The van der Waals surface area contributed by atoms with Crippen LogP contribution in [0.2, 0.25) is 0 Å². The minimum atomic E-state index is -0.579. The van der Waals surface area contributed by atoms with Crippen molar-refractivity contribution in [3.63, 3.8) is 0 Å². The van der Waals surface area contributed by atoms with Crippen molar-refractivity contribution in [3.8, 4) is 0 Å². The average Bonchev–Trinajstić information content (AvgIpc) is 2.15. The van der Waals surface area contributed by atoms with Gasteiger partial charge in [-0.25, -0.2) is 4.79 Å². The van der Waals surface area contributed by atoms with E-state index >= 15 is 0 Å². The fourth-order valence-electron chi connectivity index (χ4n) is 0.895. The maximum absolute atomic E-state index is 11.0. The van der Waals surface area contributed by atoms with Crippen LogP contribution in [-0.2, 0) is 14.3 Å². The molecule has 0 aromatic rings. The monoisotopic (exact) mass is 199 g/mol. The molecule has 0 atom stereocenters. The first kappa shape index (κ1) is 12.8. The molecule has 0 fully saturated rings. The number of unbranched alkanes of at least 4 members (excludes halogenated alkanes) is 2. The summed E-state index contributed by atoms with van der Waals surface area (Å²) < 4.78 is 4.51. The van der Waals surface area contributed by atoms with E-state index in [1.54, 1.807) is 6.92 Å².